The molecule has 4 heterocycles. The molecule has 0 aliphatic heterocycles. The van der Waals surface area contributed by atoms with E-state index in [-0.39, 0.29) is 44.5 Å². The zero-order valence-electron chi connectivity index (χ0n) is 21.0. The van der Waals surface area contributed by atoms with Gasteiger partial charge < -0.3 is 24.6 Å². The first-order valence-corrected chi connectivity index (χ1v) is 13.0. The van der Waals surface area contributed by atoms with Crippen LogP contribution in [0.5, 0.6) is 5.75 Å². The molecule has 0 fully saturated rings. The van der Waals surface area contributed by atoms with E-state index in [9.17, 15) is 22.8 Å². The molecule has 5 rings (SSSR count). The maximum atomic E-state index is 13.6. The largest absolute Gasteiger partial charge is 0.486 e. The van der Waals surface area contributed by atoms with Crippen LogP contribution in [-0.2, 0) is 19.2 Å². The lowest BCUT2D eigenvalue weighted by Gasteiger charge is -2.10. The number of pyridine rings is 1. The van der Waals surface area contributed by atoms with E-state index in [1.165, 1.54) is 30.0 Å². The van der Waals surface area contributed by atoms with Gasteiger partial charge in [0.05, 0.1) is 12.0 Å². The zero-order chi connectivity index (χ0) is 28.4. The van der Waals surface area contributed by atoms with E-state index in [1.807, 2.05) is 24.3 Å². The number of carbonyl (C=O) groups excluding carboxylic acids is 2. The summed E-state index contributed by atoms with van der Waals surface area (Å²) in [7, 11) is 0. The Labute approximate surface area is 229 Å². The first-order valence-electron chi connectivity index (χ1n) is 12.1. The van der Waals surface area contributed by atoms with Crippen molar-refractivity contribution in [2.24, 2.45) is 5.73 Å². The lowest BCUT2D eigenvalue weighted by atomic mass is 10.1. The van der Waals surface area contributed by atoms with Gasteiger partial charge in [0.2, 0.25) is 0 Å². The van der Waals surface area contributed by atoms with Gasteiger partial charge in [-0.3, -0.25) is 9.59 Å². The normalized spacial score (nSPS) is 11.6. The highest BCUT2D eigenvalue weighted by Crippen LogP contribution is 2.43. The van der Waals surface area contributed by atoms with Crippen LogP contribution < -0.4 is 15.8 Å². The fourth-order valence-electron chi connectivity index (χ4n) is 4.11. The van der Waals surface area contributed by atoms with E-state index in [4.69, 9.17) is 19.3 Å². The highest BCUT2D eigenvalue weighted by molar-refractivity contribution is 7.21. The lowest BCUT2D eigenvalue weighted by molar-refractivity contribution is -0.140. The van der Waals surface area contributed by atoms with Gasteiger partial charge in [0.15, 0.2) is 5.76 Å². The van der Waals surface area contributed by atoms with E-state index in [2.05, 4.69) is 17.2 Å². The number of hydrogen-bond donors (Lipinski definition) is 2. The van der Waals surface area contributed by atoms with Crippen LogP contribution in [0.25, 0.3) is 21.5 Å². The fraction of sp³-hybridized carbons (Fsp3) is 0.179. The van der Waals surface area contributed by atoms with Crippen LogP contribution in [0.2, 0.25) is 0 Å². The van der Waals surface area contributed by atoms with Crippen LogP contribution in [0.4, 0.5) is 18.9 Å². The Morgan fingerprint density at radius 2 is 1.90 bits per heavy atom. The number of nitrogens with zero attached hydrogens (tertiary/aromatic N) is 1. The molecule has 8 nitrogen and oxygen atoms in total. The summed E-state index contributed by atoms with van der Waals surface area (Å²) in [5.74, 6) is -0.720. The number of nitrogens with one attached hydrogen (secondary N) is 1. The molecular formula is C28H22F3N3O5S. The molecule has 0 saturated heterocycles. The third-order valence-corrected chi connectivity index (χ3v) is 7.03. The number of amides is 2. The predicted octanol–water partition coefficient (Wildman–Crippen LogP) is 7.05. The van der Waals surface area contributed by atoms with Crippen molar-refractivity contribution in [2.75, 3.05) is 5.32 Å². The minimum Gasteiger partial charge on any atom is -0.486 e. The van der Waals surface area contributed by atoms with Crippen molar-refractivity contribution in [3.63, 3.8) is 0 Å². The lowest BCUT2D eigenvalue weighted by Crippen LogP contribution is -2.16. The van der Waals surface area contributed by atoms with Crippen molar-refractivity contribution in [2.45, 2.75) is 32.5 Å². The minimum atomic E-state index is -4.76. The molecule has 3 N–H and O–H groups in total. The second-order valence-corrected chi connectivity index (χ2v) is 9.78. The molecule has 4 aromatic heterocycles. The Kier molecular flexibility index (Phi) is 7.35. The molecule has 0 radical (unpaired) electrons. The summed E-state index contributed by atoms with van der Waals surface area (Å²) in [6.07, 6.45) is -1.47. The van der Waals surface area contributed by atoms with Gasteiger partial charge >= 0.3 is 6.18 Å². The van der Waals surface area contributed by atoms with E-state index < -0.39 is 23.7 Å². The number of nitrogens with two attached hydrogens (primary N) is 1. The summed E-state index contributed by atoms with van der Waals surface area (Å²) < 4.78 is 57.5. The number of hydrogen-bond acceptors (Lipinski definition) is 7. The number of thiophene rings is 1. The number of anilines is 1. The topological polar surface area (TPSA) is 121 Å². The number of benzene rings is 1. The average molecular weight is 570 g/mol. The summed E-state index contributed by atoms with van der Waals surface area (Å²) in [4.78, 5) is 28.7. The van der Waals surface area contributed by atoms with Crippen molar-refractivity contribution in [1.29, 1.82) is 0 Å². The Balaban J connectivity index is 1.43. The van der Waals surface area contributed by atoms with Gasteiger partial charge in [-0.05, 0) is 54.4 Å². The van der Waals surface area contributed by atoms with E-state index in [0.717, 1.165) is 18.9 Å². The average Bonchev–Trinajstić information content (AvgIpc) is 3.68. The smallest absolute Gasteiger partial charge is 0.433 e. The number of primary amides is 1. The molecule has 0 atom stereocenters. The Morgan fingerprint density at radius 1 is 1.12 bits per heavy atom. The van der Waals surface area contributed by atoms with Gasteiger partial charge in [-0.25, -0.2) is 4.98 Å². The maximum Gasteiger partial charge on any atom is 0.433 e. The van der Waals surface area contributed by atoms with Gasteiger partial charge in [0.25, 0.3) is 11.8 Å². The van der Waals surface area contributed by atoms with Crippen LogP contribution >= 0.6 is 11.3 Å². The number of aryl methyl sites for hydroxylation is 1. The number of rotatable bonds is 9. The molecule has 12 heteroatoms. The third kappa shape index (κ3) is 5.57. The molecule has 40 heavy (non-hydrogen) atoms. The number of halogens is 3. The monoisotopic (exact) mass is 569 g/mol. The molecular weight excluding hydrogens is 547 g/mol. The number of ether oxygens (including phenoxy) is 1. The zero-order valence-corrected chi connectivity index (χ0v) is 21.8. The standard InChI is InChI=1S/C28H22F3N3O5S/c1-2-4-15-6-8-16(9-7-15)38-14-17-10-11-20(39-17)26(36)34-23-22-18(19-5-3-12-37-19)13-21(28(29,30)31)33-27(22)40-24(23)25(32)35/h3,5-13H,2,4,14H2,1H3,(H2,32,35)(H,34,36). The van der Waals surface area contributed by atoms with Gasteiger partial charge in [0, 0.05) is 10.9 Å². The quantitative estimate of drug-likeness (QED) is 0.196. The van der Waals surface area contributed by atoms with Gasteiger partial charge in [-0.15, -0.1) is 11.3 Å². The number of carbonyl (C=O) groups is 2. The van der Waals surface area contributed by atoms with Crippen molar-refractivity contribution < 1.29 is 36.3 Å². The number of furan rings is 2. The SMILES string of the molecule is CCCc1ccc(OCc2ccc(C(=O)Nc3c(C(N)=O)sc4nc(C(F)(F)F)cc(-c5ccco5)c34)o2)cc1. The molecule has 0 bridgehead atoms. The van der Waals surface area contributed by atoms with Crippen LogP contribution in [0.15, 0.2) is 69.7 Å². The first kappa shape index (κ1) is 27.0. The van der Waals surface area contributed by atoms with Gasteiger partial charge in [-0.2, -0.15) is 13.2 Å². The molecule has 0 aliphatic carbocycles. The summed E-state index contributed by atoms with van der Waals surface area (Å²) in [5, 5.41) is 2.65. The van der Waals surface area contributed by atoms with Crippen molar-refractivity contribution in [3.8, 4) is 17.1 Å². The summed E-state index contributed by atoms with van der Waals surface area (Å²) in [5.41, 5.74) is 5.43. The van der Waals surface area contributed by atoms with E-state index in [0.29, 0.717) is 22.8 Å². The van der Waals surface area contributed by atoms with Gasteiger partial charge in [0.1, 0.15) is 39.3 Å². The van der Waals surface area contributed by atoms with Crippen molar-refractivity contribution in [1.82, 2.24) is 4.98 Å². The summed E-state index contributed by atoms with van der Waals surface area (Å²) in [6, 6.07) is 14.4. The highest BCUT2D eigenvalue weighted by atomic mass is 32.1. The third-order valence-electron chi connectivity index (χ3n) is 5.93. The van der Waals surface area contributed by atoms with E-state index in [1.54, 1.807) is 6.07 Å². The Hall–Kier alpha value is -4.58. The molecule has 2 amide bonds. The molecule has 0 saturated carbocycles. The van der Waals surface area contributed by atoms with Crippen molar-refractivity contribution >= 4 is 39.1 Å². The number of alkyl halides is 3. The first-order chi connectivity index (χ1) is 19.1. The van der Waals surface area contributed by atoms with Crippen LogP contribution in [-0.4, -0.2) is 16.8 Å². The molecule has 1 aromatic carbocycles. The molecule has 206 valence electrons. The molecule has 0 aliphatic rings. The Bertz CT molecular complexity index is 1670. The van der Waals surface area contributed by atoms with Crippen LogP contribution in [0, 0.1) is 0 Å². The minimum absolute atomic E-state index is 0.0140. The Morgan fingerprint density at radius 3 is 2.55 bits per heavy atom. The molecule has 0 spiro atoms. The van der Waals surface area contributed by atoms with Crippen LogP contribution in [0.1, 0.15) is 50.6 Å². The molecule has 5 aromatic rings. The fourth-order valence-corrected chi connectivity index (χ4v) is 5.12. The van der Waals surface area contributed by atoms with Gasteiger partial charge in [-0.1, -0.05) is 25.5 Å². The predicted molar refractivity (Wildman–Crippen MR) is 142 cm³/mol. The van der Waals surface area contributed by atoms with Crippen molar-refractivity contribution in [3.05, 3.63) is 88.5 Å². The van der Waals surface area contributed by atoms with Crippen LogP contribution in [0.3, 0.4) is 0 Å². The number of aromatic nitrogens is 1. The second-order valence-electron chi connectivity index (χ2n) is 8.78. The molecule has 0 unspecified atom stereocenters. The highest BCUT2D eigenvalue weighted by Gasteiger charge is 2.35. The second kappa shape index (κ2) is 10.9. The maximum absolute atomic E-state index is 13.6. The van der Waals surface area contributed by atoms with E-state index >= 15 is 0 Å². The summed E-state index contributed by atoms with van der Waals surface area (Å²) in [6.45, 7) is 2.16. The number of fused-ring (bicyclic) bond motifs is 1. The summed E-state index contributed by atoms with van der Waals surface area (Å²) >= 11 is 0.633.